The normalized spacial score (nSPS) is 11.9. The number of aromatic hydroxyl groups is 1. The van der Waals surface area contributed by atoms with Gasteiger partial charge in [0.1, 0.15) is 5.75 Å². The topological polar surface area (TPSA) is 49.3 Å². The van der Waals surface area contributed by atoms with Crippen molar-refractivity contribution < 1.29 is 9.90 Å². The number of nitrogens with one attached hydrogen (secondary N) is 1. The van der Waals surface area contributed by atoms with Crippen LogP contribution in [0.2, 0.25) is 0 Å². The molecule has 0 radical (unpaired) electrons. The summed E-state index contributed by atoms with van der Waals surface area (Å²) in [4.78, 5) is 12.1. The zero-order valence-corrected chi connectivity index (χ0v) is 12.7. The molecule has 0 saturated carbocycles. The molecule has 0 bridgehead atoms. The molecule has 0 aliphatic heterocycles. The third-order valence-electron chi connectivity index (χ3n) is 3.00. The van der Waals surface area contributed by atoms with E-state index in [-0.39, 0.29) is 16.5 Å². The lowest BCUT2D eigenvalue weighted by atomic mass is 10.1. The Labute approximate surface area is 126 Å². The fourth-order valence-electron chi connectivity index (χ4n) is 1.89. The summed E-state index contributed by atoms with van der Waals surface area (Å²) in [7, 11) is 0. The van der Waals surface area contributed by atoms with Gasteiger partial charge in [0, 0.05) is 6.54 Å². The van der Waals surface area contributed by atoms with Gasteiger partial charge in [-0.25, -0.2) is 0 Å². The summed E-state index contributed by atoms with van der Waals surface area (Å²) in [5.41, 5.74) is 2.31. The minimum absolute atomic E-state index is 0.00772. The molecule has 0 saturated heterocycles. The molecule has 2 N–H and O–H groups in total. The molecule has 2 aromatic rings. The molecule has 1 atom stereocenters. The van der Waals surface area contributed by atoms with Gasteiger partial charge in [-0.05, 0) is 30.2 Å². The molecule has 1 unspecified atom stereocenters. The van der Waals surface area contributed by atoms with Crippen LogP contribution in [-0.2, 0) is 0 Å². The number of amides is 1. The molecular formula is C16H16BrNO2. The molecule has 4 heteroatoms. The van der Waals surface area contributed by atoms with E-state index in [1.807, 2.05) is 37.3 Å². The van der Waals surface area contributed by atoms with Crippen molar-refractivity contribution in [3.8, 4) is 5.75 Å². The lowest BCUT2D eigenvalue weighted by Gasteiger charge is -2.12. The molecule has 0 spiro atoms. The van der Waals surface area contributed by atoms with Crippen molar-refractivity contribution in [1.29, 1.82) is 0 Å². The molecular weight excluding hydrogens is 318 g/mol. The zero-order chi connectivity index (χ0) is 14.5. The Morgan fingerprint density at radius 3 is 2.60 bits per heavy atom. The van der Waals surface area contributed by atoms with Crippen LogP contribution in [-0.4, -0.2) is 17.6 Å². The van der Waals surface area contributed by atoms with Crippen LogP contribution in [0.3, 0.4) is 0 Å². The highest BCUT2D eigenvalue weighted by molar-refractivity contribution is 9.09. The van der Waals surface area contributed by atoms with Gasteiger partial charge in [0.25, 0.3) is 5.91 Å². The second-order valence-corrected chi connectivity index (χ2v) is 5.71. The molecule has 0 aromatic heterocycles. The summed E-state index contributed by atoms with van der Waals surface area (Å²) < 4.78 is 0. The number of hydrogen-bond acceptors (Lipinski definition) is 2. The summed E-state index contributed by atoms with van der Waals surface area (Å²) in [6, 6.07) is 14.9. The van der Waals surface area contributed by atoms with Crippen molar-refractivity contribution in [2.45, 2.75) is 11.8 Å². The monoisotopic (exact) mass is 333 g/mol. The van der Waals surface area contributed by atoms with Gasteiger partial charge in [0.05, 0.1) is 10.4 Å². The minimum Gasteiger partial charge on any atom is -0.507 e. The first-order chi connectivity index (χ1) is 9.58. The molecule has 0 aliphatic rings. The highest BCUT2D eigenvalue weighted by Crippen LogP contribution is 2.22. The lowest BCUT2D eigenvalue weighted by Crippen LogP contribution is -2.26. The van der Waals surface area contributed by atoms with E-state index < -0.39 is 0 Å². The van der Waals surface area contributed by atoms with Crippen molar-refractivity contribution in [2.75, 3.05) is 6.54 Å². The number of halogens is 1. The molecule has 1 amide bonds. The Morgan fingerprint density at radius 1 is 1.25 bits per heavy atom. The molecule has 3 nitrogen and oxygen atoms in total. The summed E-state index contributed by atoms with van der Waals surface area (Å²) in [5, 5.41) is 12.6. The maximum Gasteiger partial charge on any atom is 0.255 e. The molecule has 0 fully saturated rings. The van der Waals surface area contributed by atoms with E-state index in [4.69, 9.17) is 0 Å². The SMILES string of the molecule is Cc1ccc(C(=O)NCC(Br)c2ccccc2)c(O)c1. The largest absolute Gasteiger partial charge is 0.507 e. The van der Waals surface area contributed by atoms with E-state index >= 15 is 0 Å². The number of carbonyl (C=O) groups is 1. The van der Waals surface area contributed by atoms with Crippen LogP contribution in [0.1, 0.15) is 26.3 Å². The van der Waals surface area contributed by atoms with Crippen molar-refractivity contribution in [2.24, 2.45) is 0 Å². The third-order valence-corrected chi connectivity index (χ3v) is 3.85. The number of phenolic OH excluding ortho intramolecular Hbond substituents is 1. The van der Waals surface area contributed by atoms with Crippen LogP contribution < -0.4 is 5.32 Å². The smallest absolute Gasteiger partial charge is 0.255 e. The molecule has 2 rings (SSSR count). The fourth-order valence-corrected chi connectivity index (χ4v) is 2.36. The fraction of sp³-hybridized carbons (Fsp3) is 0.188. The van der Waals surface area contributed by atoms with Crippen molar-refractivity contribution >= 4 is 21.8 Å². The van der Waals surface area contributed by atoms with E-state index in [0.29, 0.717) is 12.1 Å². The zero-order valence-electron chi connectivity index (χ0n) is 11.1. The van der Waals surface area contributed by atoms with Crippen LogP contribution in [0.4, 0.5) is 0 Å². The predicted molar refractivity (Wildman–Crippen MR) is 83.3 cm³/mol. The highest BCUT2D eigenvalue weighted by Gasteiger charge is 2.13. The summed E-state index contributed by atoms with van der Waals surface area (Å²) in [5.74, 6) is -0.267. The van der Waals surface area contributed by atoms with Gasteiger partial charge in [-0.1, -0.05) is 52.3 Å². The summed E-state index contributed by atoms with van der Waals surface area (Å²) in [6.45, 7) is 2.32. The highest BCUT2D eigenvalue weighted by atomic mass is 79.9. The average molecular weight is 334 g/mol. The quantitative estimate of drug-likeness (QED) is 0.840. The van der Waals surface area contributed by atoms with Crippen molar-refractivity contribution in [3.05, 3.63) is 65.2 Å². The number of alkyl halides is 1. The van der Waals surface area contributed by atoms with Crippen LogP contribution >= 0.6 is 15.9 Å². The van der Waals surface area contributed by atoms with Crippen LogP contribution in [0, 0.1) is 6.92 Å². The first-order valence-electron chi connectivity index (χ1n) is 6.35. The van der Waals surface area contributed by atoms with E-state index in [0.717, 1.165) is 11.1 Å². The lowest BCUT2D eigenvalue weighted by molar-refractivity contribution is 0.0951. The van der Waals surface area contributed by atoms with Gasteiger partial charge in [0.2, 0.25) is 0 Å². The first kappa shape index (κ1) is 14.6. The van der Waals surface area contributed by atoms with Gasteiger partial charge >= 0.3 is 0 Å². The van der Waals surface area contributed by atoms with Crippen molar-refractivity contribution in [3.63, 3.8) is 0 Å². The van der Waals surface area contributed by atoms with E-state index in [2.05, 4.69) is 21.2 Å². The Hall–Kier alpha value is -1.81. The molecule has 0 aliphatic carbocycles. The Bertz CT molecular complexity index is 599. The van der Waals surface area contributed by atoms with Gasteiger partial charge in [0.15, 0.2) is 0 Å². The van der Waals surface area contributed by atoms with E-state index in [1.54, 1.807) is 18.2 Å². The Morgan fingerprint density at radius 2 is 1.95 bits per heavy atom. The van der Waals surface area contributed by atoms with Gasteiger partial charge in [-0.2, -0.15) is 0 Å². The number of aryl methyl sites for hydroxylation is 1. The summed E-state index contributed by atoms with van der Waals surface area (Å²) in [6.07, 6.45) is 0. The van der Waals surface area contributed by atoms with E-state index in [9.17, 15) is 9.90 Å². The van der Waals surface area contributed by atoms with Crippen LogP contribution in [0.5, 0.6) is 5.75 Å². The second-order valence-electron chi connectivity index (χ2n) is 4.61. The van der Waals surface area contributed by atoms with Gasteiger partial charge in [-0.15, -0.1) is 0 Å². The standard InChI is InChI=1S/C16H16BrNO2/c1-11-7-8-13(15(19)9-11)16(20)18-10-14(17)12-5-3-2-4-6-12/h2-9,14,19H,10H2,1H3,(H,18,20). The maximum absolute atomic E-state index is 12.0. The van der Waals surface area contributed by atoms with Crippen LogP contribution in [0.15, 0.2) is 48.5 Å². The predicted octanol–water partition coefficient (Wildman–Crippen LogP) is 3.57. The first-order valence-corrected chi connectivity index (χ1v) is 7.26. The second kappa shape index (κ2) is 6.57. The maximum atomic E-state index is 12.0. The Kier molecular flexibility index (Phi) is 4.79. The van der Waals surface area contributed by atoms with Gasteiger partial charge < -0.3 is 10.4 Å². The number of hydrogen-bond donors (Lipinski definition) is 2. The van der Waals surface area contributed by atoms with Crippen LogP contribution in [0.25, 0.3) is 0 Å². The average Bonchev–Trinajstić information content (AvgIpc) is 2.45. The molecule has 20 heavy (non-hydrogen) atoms. The number of carbonyl (C=O) groups excluding carboxylic acids is 1. The number of phenols is 1. The Balaban J connectivity index is 1.99. The molecule has 0 heterocycles. The minimum atomic E-state index is -0.275. The molecule has 2 aromatic carbocycles. The third kappa shape index (κ3) is 3.61. The summed E-state index contributed by atoms with van der Waals surface area (Å²) >= 11 is 3.54. The van der Waals surface area contributed by atoms with E-state index in [1.165, 1.54) is 0 Å². The number of benzene rings is 2. The molecule has 104 valence electrons. The number of rotatable bonds is 4. The van der Waals surface area contributed by atoms with Gasteiger partial charge in [-0.3, -0.25) is 4.79 Å². The van der Waals surface area contributed by atoms with Crippen molar-refractivity contribution in [1.82, 2.24) is 5.32 Å².